The number of methoxy groups -OCH3 is 1. The lowest BCUT2D eigenvalue weighted by atomic mass is 9.93. The van der Waals surface area contributed by atoms with Crippen LogP contribution in [0, 0.1) is 5.92 Å². The van der Waals surface area contributed by atoms with Gasteiger partial charge in [0.1, 0.15) is 6.29 Å². The number of hydrogen-bond acceptors (Lipinski definition) is 4. The first-order chi connectivity index (χ1) is 9.58. The quantitative estimate of drug-likeness (QED) is 0.421. The summed E-state index contributed by atoms with van der Waals surface area (Å²) in [5.74, 6) is 0.0721. The summed E-state index contributed by atoms with van der Waals surface area (Å²) < 4.78 is 11.5. The molecule has 1 unspecified atom stereocenters. The molecule has 1 rings (SSSR count). The lowest BCUT2D eigenvalue weighted by Gasteiger charge is -2.31. The Morgan fingerprint density at radius 2 is 2.25 bits per heavy atom. The highest BCUT2D eigenvalue weighted by Gasteiger charge is 2.27. The first-order valence-electron chi connectivity index (χ1n) is 7.21. The van der Waals surface area contributed by atoms with Gasteiger partial charge in [0, 0.05) is 19.4 Å². The predicted octanol–water partition coefficient (Wildman–Crippen LogP) is 2.27. The number of carbonyl (C=O) groups excluding carboxylic acids is 1. The molecule has 5 atom stereocenters. The normalized spacial score (nSPS) is 27.4. The van der Waals surface area contributed by atoms with Gasteiger partial charge in [-0.2, -0.15) is 0 Å². The average molecular weight is 282 g/mol. The van der Waals surface area contributed by atoms with E-state index in [1.54, 1.807) is 14.0 Å². The van der Waals surface area contributed by atoms with Crippen LogP contribution in [0.25, 0.3) is 0 Å². The number of carbonyl (C=O) groups is 1. The number of allylic oxidation sites excluding steroid dienone is 1. The van der Waals surface area contributed by atoms with E-state index < -0.39 is 6.10 Å². The smallest absolute Gasteiger partial charge is 0.142 e. The zero-order chi connectivity index (χ0) is 15.0. The summed E-state index contributed by atoms with van der Waals surface area (Å²) in [5.41, 5.74) is 0. The summed E-state index contributed by atoms with van der Waals surface area (Å²) in [4.78, 5) is 10.2. The molecule has 4 nitrogen and oxygen atoms in total. The minimum atomic E-state index is -0.398. The van der Waals surface area contributed by atoms with Crippen LogP contribution in [0.2, 0.25) is 0 Å². The van der Waals surface area contributed by atoms with E-state index in [9.17, 15) is 9.90 Å². The van der Waals surface area contributed by atoms with Crippen LogP contribution in [0.3, 0.4) is 0 Å². The third-order valence-electron chi connectivity index (χ3n) is 3.85. The molecule has 0 aromatic rings. The van der Waals surface area contributed by atoms with Crippen LogP contribution in [-0.4, -0.2) is 42.9 Å². The van der Waals surface area contributed by atoms with Crippen molar-refractivity contribution in [3.63, 3.8) is 0 Å². The van der Waals surface area contributed by atoms with Crippen molar-refractivity contribution in [2.75, 3.05) is 7.11 Å². The van der Waals surface area contributed by atoms with E-state index in [2.05, 4.69) is 6.08 Å². The summed E-state index contributed by atoms with van der Waals surface area (Å²) in [5, 5.41) is 9.67. The topological polar surface area (TPSA) is 55.8 Å². The van der Waals surface area contributed by atoms with E-state index >= 15 is 0 Å². The predicted molar refractivity (Wildman–Crippen MR) is 78.5 cm³/mol. The Kier molecular flexibility index (Phi) is 7.73. The van der Waals surface area contributed by atoms with Gasteiger partial charge in [0.25, 0.3) is 0 Å². The SMILES string of the molecule is CO[C@@H](C[C@@H]1CC=C[C@@H](C/C=C/C=O)O1)[C@@H](C)C(C)O. The standard InChI is InChI=1S/C16H26O4/c1-12(13(2)18)16(19-3)11-15-9-6-8-14(20-15)7-4-5-10-17/h4-6,8,10,12-16,18H,7,9,11H2,1-3H3/b5-4+/t12-,13?,14+,15-,16-/m0/s1. The number of aliphatic hydroxyl groups is 1. The maximum atomic E-state index is 10.2. The van der Waals surface area contributed by atoms with Gasteiger partial charge in [-0.15, -0.1) is 0 Å². The van der Waals surface area contributed by atoms with Gasteiger partial charge < -0.3 is 14.6 Å². The van der Waals surface area contributed by atoms with Crippen LogP contribution in [0.5, 0.6) is 0 Å². The molecule has 0 aromatic carbocycles. The van der Waals surface area contributed by atoms with Gasteiger partial charge in [0.15, 0.2) is 0 Å². The molecule has 114 valence electrons. The van der Waals surface area contributed by atoms with Crippen molar-refractivity contribution in [1.29, 1.82) is 0 Å². The molecule has 0 saturated carbocycles. The Bertz CT molecular complexity index is 335. The Morgan fingerprint density at radius 3 is 2.85 bits per heavy atom. The second-order valence-electron chi connectivity index (χ2n) is 5.37. The summed E-state index contributed by atoms with van der Waals surface area (Å²) in [7, 11) is 1.67. The molecule has 1 aliphatic rings. The highest BCUT2D eigenvalue weighted by molar-refractivity contribution is 5.64. The third-order valence-corrected chi connectivity index (χ3v) is 3.85. The Labute approximate surface area is 121 Å². The Balaban J connectivity index is 2.49. The van der Waals surface area contributed by atoms with Crippen LogP contribution < -0.4 is 0 Å². The molecule has 1 N–H and O–H groups in total. The summed E-state index contributed by atoms with van der Waals surface area (Å²) in [6.45, 7) is 3.77. The largest absolute Gasteiger partial charge is 0.393 e. The molecule has 0 saturated heterocycles. The van der Waals surface area contributed by atoms with Gasteiger partial charge in [0.2, 0.25) is 0 Å². The fraction of sp³-hybridized carbons (Fsp3) is 0.688. The molecule has 0 bridgehead atoms. The molecule has 1 aliphatic heterocycles. The molecule has 0 fully saturated rings. The van der Waals surface area contributed by atoms with Crippen LogP contribution in [0.4, 0.5) is 0 Å². The van der Waals surface area contributed by atoms with E-state index in [4.69, 9.17) is 9.47 Å². The van der Waals surface area contributed by atoms with E-state index in [1.165, 1.54) is 6.08 Å². The van der Waals surface area contributed by atoms with Gasteiger partial charge in [-0.05, 0) is 25.8 Å². The minimum absolute atomic E-state index is 0.0160. The number of aliphatic hydroxyl groups excluding tert-OH is 1. The first-order valence-corrected chi connectivity index (χ1v) is 7.21. The highest BCUT2D eigenvalue weighted by Crippen LogP contribution is 2.24. The third kappa shape index (κ3) is 5.57. The molecule has 1 heterocycles. The van der Waals surface area contributed by atoms with Crippen molar-refractivity contribution >= 4 is 6.29 Å². The molecule has 0 amide bonds. The molecular weight excluding hydrogens is 256 g/mol. The fourth-order valence-corrected chi connectivity index (χ4v) is 2.38. The van der Waals surface area contributed by atoms with Gasteiger partial charge in [-0.25, -0.2) is 0 Å². The van der Waals surface area contributed by atoms with Crippen molar-refractivity contribution in [3.05, 3.63) is 24.3 Å². The first kappa shape index (κ1) is 17.1. The maximum Gasteiger partial charge on any atom is 0.142 e. The fourth-order valence-electron chi connectivity index (χ4n) is 2.38. The molecular formula is C16H26O4. The Morgan fingerprint density at radius 1 is 1.50 bits per heavy atom. The van der Waals surface area contributed by atoms with Gasteiger partial charge in [-0.3, -0.25) is 4.79 Å². The van der Waals surface area contributed by atoms with Crippen molar-refractivity contribution in [3.8, 4) is 0 Å². The molecule has 0 spiro atoms. The van der Waals surface area contributed by atoms with Crippen LogP contribution >= 0.6 is 0 Å². The van der Waals surface area contributed by atoms with E-state index in [-0.39, 0.29) is 24.2 Å². The highest BCUT2D eigenvalue weighted by atomic mass is 16.5. The van der Waals surface area contributed by atoms with Crippen LogP contribution in [0.15, 0.2) is 24.3 Å². The number of rotatable bonds is 8. The van der Waals surface area contributed by atoms with Gasteiger partial charge in [-0.1, -0.05) is 25.2 Å². The zero-order valence-electron chi connectivity index (χ0n) is 12.6. The zero-order valence-corrected chi connectivity index (χ0v) is 12.6. The molecule has 0 radical (unpaired) electrons. The number of hydrogen-bond donors (Lipinski definition) is 1. The second kappa shape index (κ2) is 9.06. The van der Waals surface area contributed by atoms with Gasteiger partial charge in [0.05, 0.1) is 24.4 Å². The number of aldehydes is 1. The van der Waals surface area contributed by atoms with E-state index in [0.717, 1.165) is 19.1 Å². The summed E-state index contributed by atoms with van der Waals surface area (Å²) in [6, 6.07) is 0. The Hall–Kier alpha value is -0.970. The lowest BCUT2D eigenvalue weighted by Crippen LogP contribution is -2.35. The van der Waals surface area contributed by atoms with Crippen LogP contribution in [-0.2, 0) is 14.3 Å². The minimum Gasteiger partial charge on any atom is -0.393 e. The van der Waals surface area contributed by atoms with Gasteiger partial charge >= 0.3 is 0 Å². The maximum absolute atomic E-state index is 10.2. The molecule has 4 heteroatoms. The summed E-state index contributed by atoms with van der Waals surface area (Å²) in [6.07, 6.45) is 10.3. The van der Waals surface area contributed by atoms with E-state index in [0.29, 0.717) is 6.42 Å². The molecule has 20 heavy (non-hydrogen) atoms. The van der Waals surface area contributed by atoms with E-state index in [1.807, 2.05) is 19.1 Å². The molecule has 0 aliphatic carbocycles. The summed E-state index contributed by atoms with van der Waals surface area (Å²) >= 11 is 0. The monoisotopic (exact) mass is 282 g/mol. The van der Waals surface area contributed by atoms with Crippen molar-refractivity contribution in [1.82, 2.24) is 0 Å². The molecule has 0 aromatic heterocycles. The van der Waals surface area contributed by atoms with Crippen molar-refractivity contribution in [2.24, 2.45) is 5.92 Å². The second-order valence-corrected chi connectivity index (χ2v) is 5.37. The lowest BCUT2D eigenvalue weighted by molar-refractivity contribution is -0.104. The average Bonchev–Trinajstić information content (AvgIpc) is 2.44. The van der Waals surface area contributed by atoms with Crippen LogP contribution in [0.1, 0.15) is 33.1 Å². The number of ether oxygens (including phenoxy) is 2. The van der Waals surface area contributed by atoms with Crippen molar-refractivity contribution in [2.45, 2.75) is 57.5 Å². The van der Waals surface area contributed by atoms with Crippen molar-refractivity contribution < 1.29 is 19.4 Å².